The van der Waals surface area contributed by atoms with Crippen molar-refractivity contribution in [3.05, 3.63) is 81.6 Å². The summed E-state index contributed by atoms with van der Waals surface area (Å²) in [6, 6.07) is 18.6. The fraction of sp³-hybridized carbons (Fsp3) is 0.250. The molecule has 1 saturated heterocycles. The standard InChI is InChI=1S/C20H20N2O/c23-20-18(12-16-3-1-2-4-19(16)22-20)11-14-5-7-15(8-6-14)17-9-10-21-13-17/h1-8,12,17,21H,9-11,13H2,(H,22,23)/t17-/m0/s1. The Morgan fingerprint density at radius 3 is 2.65 bits per heavy atom. The Hall–Kier alpha value is -2.39. The molecule has 0 spiro atoms. The van der Waals surface area contributed by atoms with Crippen molar-refractivity contribution in [2.75, 3.05) is 13.1 Å². The average molecular weight is 304 g/mol. The van der Waals surface area contributed by atoms with E-state index in [0.717, 1.165) is 29.6 Å². The van der Waals surface area contributed by atoms with Gasteiger partial charge in [-0.25, -0.2) is 0 Å². The van der Waals surface area contributed by atoms with Gasteiger partial charge in [-0.1, -0.05) is 42.5 Å². The summed E-state index contributed by atoms with van der Waals surface area (Å²) >= 11 is 0. The predicted octanol–water partition coefficient (Wildman–Crippen LogP) is 3.20. The first-order valence-corrected chi connectivity index (χ1v) is 8.20. The highest BCUT2D eigenvalue weighted by Crippen LogP contribution is 2.23. The fourth-order valence-electron chi connectivity index (χ4n) is 3.39. The van der Waals surface area contributed by atoms with Crippen LogP contribution in [0.15, 0.2) is 59.4 Å². The van der Waals surface area contributed by atoms with Gasteiger partial charge in [0.15, 0.2) is 0 Å². The monoisotopic (exact) mass is 304 g/mol. The Morgan fingerprint density at radius 1 is 1.04 bits per heavy atom. The van der Waals surface area contributed by atoms with Gasteiger partial charge in [0.2, 0.25) is 0 Å². The van der Waals surface area contributed by atoms with Gasteiger partial charge >= 0.3 is 0 Å². The van der Waals surface area contributed by atoms with Crippen molar-refractivity contribution in [2.45, 2.75) is 18.8 Å². The number of hydrogen-bond acceptors (Lipinski definition) is 2. The topological polar surface area (TPSA) is 44.9 Å². The Labute approximate surface area is 135 Å². The van der Waals surface area contributed by atoms with Crippen LogP contribution in [-0.2, 0) is 6.42 Å². The fourth-order valence-corrected chi connectivity index (χ4v) is 3.39. The summed E-state index contributed by atoms with van der Waals surface area (Å²) in [7, 11) is 0. The number of H-pyrrole nitrogens is 1. The Kier molecular flexibility index (Phi) is 3.72. The highest BCUT2D eigenvalue weighted by Gasteiger charge is 2.16. The van der Waals surface area contributed by atoms with Crippen molar-refractivity contribution >= 4 is 10.9 Å². The first-order chi connectivity index (χ1) is 11.3. The third kappa shape index (κ3) is 2.92. The maximum atomic E-state index is 12.2. The maximum absolute atomic E-state index is 12.2. The molecule has 0 bridgehead atoms. The largest absolute Gasteiger partial charge is 0.322 e. The number of benzene rings is 2. The van der Waals surface area contributed by atoms with E-state index in [9.17, 15) is 4.79 Å². The number of aromatic amines is 1. The van der Waals surface area contributed by atoms with Crippen LogP contribution < -0.4 is 10.9 Å². The van der Waals surface area contributed by atoms with Gasteiger partial charge in [-0.3, -0.25) is 4.79 Å². The zero-order valence-corrected chi connectivity index (χ0v) is 13.0. The van der Waals surface area contributed by atoms with Crippen molar-refractivity contribution in [1.29, 1.82) is 0 Å². The number of rotatable bonds is 3. The van der Waals surface area contributed by atoms with Crippen LogP contribution in [0.4, 0.5) is 0 Å². The molecule has 1 aliphatic rings. The smallest absolute Gasteiger partial charge is 0.251 e. The summed E-state index contributed by atoms with van der Waals surface area (Å²) in [6.07, 6.45) is 1.88. The Balaban J connectivity index is 1.60. The quantitative estimate of drug-likeness (QED) is 0.780. The number of pyridine rings is 1. The lowest BCUT2D eigenvalue weighted by atomic mass is 9.96. The molecule has 1 atom stereocenters. The van der Waals surface area contributed by atoms with Crippen molar-refractivity contribution in [3.63, 3.8) is 0 Å². The molecule has 0 aliphatic carbocycles. The minimum atomic E-state index is 0.00719. The zero-order chi connectivity index (χ0) is 15.6. The van der Waals surface area contributed by atoms with E-state index < -0.39 is 0 Å². The van der Waals surface area contributed by atoms with Crippen LogP contribution in [0.5, 0.6) is 0 Å². The first kappa shape index (κ1) is 14.2. The van der Waals surface area contributed by atoms with Gasteiger partial charge < -0.3 is 10.3 Å². The lowest BCUT2D eigenvalue weighted by molar-refractivity contribution is 0.763. The van der Waals surface area contributed by atoms with E-state index >= 15 is 0 Å². The predicted molar refractivity (Wildman–Crippen MR) is 94.0 cm³/mol. The van der Waals surface area contributed by atoms with Crippen molar-refractivity contribution < 1.29 is 0 Å². The number of hydrogen-bond donors (Lipinski definition) is 2. The van der Waals surface area contributed by atoms with Crippen molar-refractivity contribution in [1.82, 2.24) is 10.3 Å². The molecule has 3 aromatic rings. The van der Waals surface area contributed by atoms with Gasteiger partial charge in [0, 0.05) is 24.0 Å². The van der Waals surface area contributed by atoms with Gasteiger partial charge in [0.25, 0.3) is 5.56 Å². The number of nitrogens with one attached hydrogen (secondary N) is 2. The van der Waals surface area contributed by atoms with Crippen LogP contribution in [0, 0.1) is 0 Å². The van der Waals surface area contributed by atoms with E-state index in [4.69, 9.17) is 0 Å². The summed E-state index contributed by atoms with van der Waals surface area (Å²) in [5.74, 6) is 0.633. The van der Waals surface area contributed by atoms with E-state index in [-0.39, 0.29) is 5.56 Å². The molecule has 23 heavy (non-hydrogen) atoms. The second-order valence-corrected chi connectivity index (χ2v) is 6.32. The minimum Gasteiger partial charge on any atom is -0.322 e. The van der Waals surface area contributed by atoms with E-state index in [1.54, 1.807) is 0 Å². The highest BCUT2D eigenvalue weighted by atomic mass is 16.1. The molecule has 2 heterocycles. The van der Waals surface area contributed by atoms with Crippen LogP contribution >= 0.6 is 0 Å². The highest BCUT2D eigenvalue weighted by molar-refractivity contribution is 5.78. The van der Waals surface area contributed by atoms with Crippen LogP contribution in [0.3, 0.4) is 0 Å². The van der Waals surface area contributed by atoms with Gasteiger partial charge in [-0.2, -0.15) is 0 Å². The van der Waals surface area contributed by atoms with Gasteiger partial charge in [0.05, 0.1) is 0 Å². The second kappa shape index (κ2) is 6.01. The summed E-state index contributed by atoms with van der Waals surface area (Å²) in [5, 5.41) is 4.48. The summed E-state index contributed by atoms with van der Waals surface area (Å²) in [6.45, 7) is 2.18. The van der Waals surface area contributed by atoms with E-state index in [1.807, 2.05) is 30.3 Å². The molecule has 116 valence electrons. The van der Waals surface area contributed by atoms with Gasteiger partial charge in [-0.15, -0.1) is 0 Å². The molecule has 1 fully saturated rings. The van der Waals surface area contributed by atoms with E-state index in [2.05, 4.69) is 34.6 Å². The van der Waals surface area contributed by atoms with Crippen LogP contribution in [0.25, 0.3) is 10.9 Å². The molecule has 3 nitrogen and oxygen atoms in total. The molecule has 2 N–H and O–H groups in total. The zero-order valence-electron chi connectivity index (χ0n) is 13.0. The second-order valence-electron chi connectivity index (χ2n) is 6.32. The van der Waals surface area contributed by atoms with Crippen LogP contribution in [-0.4, -0.2) is 18.1 Å². The third-order valence-electron chi connectivity index (χ3n) is 4.74. The van der Waals surface area contributed by atoms with E-state index in [0.29, 0.717) is 12.3 Å². The maximum Gasteiger partial charge on any atom is 0.251 e. The van der Waals surface area contributed by atoms with Gasteiger partial charge in [0.1, 0.15) is 0 Å². The number of aromatic nitrogens is 1. The Morgan fingerprint density at radius 2 is 1.87 bits per heavy atom. The number of para-hydroxylation sites is 1. The van der Waals surface area contributed by atoms with Crippen molar-refractivity contribution in [3.8, 4) is 0 Å². The minimum absolute atomic E-state index is 0.00719. The lowest BCUT2D eigenvalue weighted by Gasteiger charge is -2.10. The Bertz CT molecular complexity index is 874. The first-order valence-electron chi connectivity index (χ1n) is 8.20. The molecule has 1 aromatic heterocycles. The normalized spacial score (nSPS) is 17.7. The van der Waals surface area contributed by atoms with Crippen LogP contribution in [0.2, 0.25) is 0 Å². The third-order valence-corrected chi connectivity index (χ3v) is 4.74. The molecule has 0 unspecified atom stereocenters. The summed E-state index contributed by atoms with van der Waals surface area (Å²) in [4.78, 5) is 15.2. The molecule has 0 radical (unpaired) electrons. The average Bonchev–Trinajstić information content (AvgIpc) is 3.11. The molecule has 3 heteroatoms. The summed E-state index contributed by atoms with van der Waals surface area (Å²) < 4.78 is 0. The van der Waals surface area contributed by atoms with Crippen LogP contribution in [0.1, 0.15) is 29.0 Å². The molecule has 1 aliphatic heterocycles. The van der Waals surface area contributed by atoms with Crippen molar-refractivity contribution in [2.24, 2.45) is 0 Å². The van der Waals surface area contributed by atoms with E-state index in [1.165, 1.54) is 17.5 Å². The molecule has 2 aromatic carbocycles. The lowest BCUT2D eigenvalue weighted by Crippen LogP contribution is -2.12. The summed E-state index contributed by atoms with van der Waals surface area (Å²) in [5.41, 5.74) is 4.30. The molecule has 0 saturated carbocycles. The molecular weight excluding hydrogens is 284 g/mol. The number of fused-ring (bicyclic) bond motifs is 1. The SMILES string of the molecule is O=c1[nH]c2ccccc2cc1Cc1ccc([C@H]2CCNC2)cc1. The molecular formula is C20H20N2O. The van der Waals surface area contributed by atoms with Gasteiger partial charge in [-0.05, 0) is 47.5 Å². The molecule has 4 rings (SSSR count). The molecule has 0 amide bonds.